The van der Waals surface area contributed by atoms with E-state index in [1.54, 1.807) is 19.1 Å². The zero-order valence-corrected chi connectivity index (χ0v) is 13.0. The second kappa shape index (κ2) is 6.11. The van der Waals surface area contributed by atoms with E-state index in [0.29, 0.717) is 12.0 Å². The molecule has 8 heteroatoms. The minimum absolute atomic E-state index is 0.0138. The molecule has 124 valence electrons. The van der Waals surface area contributed by atoms with Gasteiger partial charge in [-0.05, 0) is 48.4 Å². The molecule has 0 amide bonds. The van der Waals surface area contributed by atoms with Crippen molar-refractivity contribution in [3.05, 3.63) is 53.6 Å². The summed E-state index contributed by atoms with van der Waals surface area (Å²) in [6, 6.07) is 8.30. The Hall–Kier alpha value is -2.22. The van der Waals surface area contributed by atoms with Crippen LogP contribution in [0.2, 0.25) is 0 Å². The zero-order valence-electron chi connectivity index (χ0n) is 12.2. The van der Waals surface area contributed by atoms with E-state index in [9.17, 15) is 21.6 Å². The van der Waals surface area contributed by atoms with E-state index < -0.39 is 21.8 Å². The maximum Gasteiger partial charge on any atom is 0.416 e. The van der Waals surface area contributed by atoms with Crippen LogP contribution in [-0.2, 0) is 22.6 Å². The fraction of sp³-hybridized carbons (Fsp3) is 0.200. The fourth-order valence-corrected chi connectivity index (χ4v) is 3.46. The van der Waals surface area contributed by atoms with E-state index >= 15 is 0 Å². The van der Waals surface area contributed by atoms with E-state index in [-0.39, 0.29) is 16.3 Å². The molecule has 0 saturated carbocycles. The molecule has 0 atom stereocenters. The van der Waals surface area contributed by atoms with Gasteiger partial charge < -0.3 is 5.73 Å². The van der Waals surface area contributed by atoms with Crippen molar-refractivity contribution in [1.29, 1.82) is 0 Å². The number of rotatable bonds is 4. The maximum absolute atomic E-state index is 12.5. The van der Waals surface area contributed by atoms with Gasteiger partial charge in [0.25, 0.3) is 10.0 Å². The molecule has 2 aromatic rings. The first-order chi connectivity index (χ1) is 10.6. The average Bonchev–Trinajstić information content (AvgIpc) is 2.46. The van der Waals surface area contributed by atoms with Crippen LogP contribution in [0.15, 0.2) is 47.4 Å². The second-order valence-electron chi connectivity index (χ2n) is 4.90. The van der Waals surface area contributed by atoms with Crippen LogP contribution in [0.3, 0.4) is 0 Å². The highest BCUT2D eigenvalue weighted by atomic mass is 32.2. The van der Waals surface area contributed by atoms with E-state index in [4.69, 9.17) is 5.73 Å². The van der Waals surface area contributed by atoms with Gasteiger partial charge in [-0.2, -0.15) is 13.2 Å². The Morgan fingerprint density at radius 1 is 1.09 bits per heavy atom. The highest BCUT2D eigenvalue weighted by Gasteiger charge is 2.30. The van der Waals surface area contributed by atoms with Gasteiger partial charge in [0, 0.05) is 11.4 Å². The van der Waals surface area contributed by atoms with Gasteiger partial charge in [-0.3, -0.25) is 4.72 Å². The number of nitrogens with one attached hydrogen (secondary N) is 1. The molecular weight excluding hydrogens is 329 g/mol. The molecule has 23 heavy (non-hydrogen) atoms. The topological polar surface area (TPSA) is 72.2 Å². The normalized spacial score (nSPS) is 12.2. The summed E-state index contributed by atoms with van der Waals surface area (Å²) in [6.07, 6.45) is -4.00. The molecule has 4 nitrogen and oxygen atoms in total. The lowest BCUT2D eigenvalue weighted by atomic mass is 10.1. The minimum atomic E-state index is -4.47. The van der Waals surface area contributed by atoms with E-state index in [2.05, 4.69) is 4.72 Å². The first kappa shape index (κ1) is 17.1. The molecule has 0 saturated heterocycles. The Bertz CT molecular complexity index is 800. The molecule has 0 aromatic heterocycles. The minimum Gasteiger partial charge on any atom is -0.399 e. The number of benzene rings is 2. The molecule has 0 fully saturated rings. The van der Waals surface area contributed by atoms with Crippen molar-refractivity contribution < 1.29 is 21.6 Å². The zero-order chi connectivity index (χ0) is 17.3. The van der Waals surface area contributed by atoms with Crippen molar-refractivity contribution in [1.82, 2.24) is 0 Å². The lowest BCUT2D eigenvalue weighted by Crippen LogP contribution is -2.15. The summed E-state index contributed by atoms with van der Waals surface area (Å²) in [5.74, 6) is 0. The number of aryl methyl sites for hydroxylation is 1. The van der Waals surface area contributed by atoms with Crippen molar-refractivity contribution in [3.63, 3.8) is 0 Å². The lowest BCUT2D eigenvalue weighted by molar-refractivity contribution is -0.137. The van der Waals surface area contributed by atoms with Crippen molar-refractivity contribution in [3.8, 4) is 0 Å². The van der Waals surface area contributed by atoms with Crippen LogP contribution in [0, 0.1) is 0 Å². The molecule has 2 rings (SSSR count). The SMILES string of the molecule is CCc1ccc(N)cc1S(=O)(=O)Nc1ccc(C(F)(F)F)cc1. The summed E-state index contributed by atoms with van der Waals surface area (Å²) in [6.45, 7) is 1.79. The third-order valence-corrected chi connectivity index (χ3v) is 4.69. The highest BCUT2D eigenvalue weighted by Crippen LogP contribution is 2.30. The number of hydrogen-bond acceptors (Lipinski definition) is 3. The Morgan fingerprint density at radius 2 is 1.70 bits per heavy atom. The van der Waals surface area contributed by atoms with Crippen molar-refractivity contribution >= 4 is 21.4 Å². The molecular formula is C15H15F3N2O2S. The first-order valence-electron chi connectivity index (χ1n) is 6.72. The predicted octanol–water partition coefficient (Wildman–Crippen LogP) is 3.65. The van der Waals surface area contributed by atoms with Gasteiger partial charge in [0.05, 0.1) is 10.5 Å². The number of sulfonamides is 1. The van der Waals surface area contributed by atoms with E-state index in [1.165, 1.54) is 6.07 Å². The van der Waals surface area contributed by atoms with E-state index in [1.807, 2.05) is 0 Å². The first-order valence-corrected chi connectivity index (χ1v) is 8.20. The van der Waals surface area contributed by atoms with Gasteiger partial charge in [-0.1, -0.05) is 13.0 Å². The average molecular weight is 344 g/mol. The van der Waals surface area contributed by atoms with Crippen molar-refractivity contribution in [2.75, 3.05) is 10.5 Å². The Kier molecular flexibility index (Phi) is 4.56. The highest BCUT2D eigenvalue weighted by molar-refractivity contribution is 7.92. The van der Waals surface area contributed by atoms with Crippen LogP contribution >= 0.6 is 0 Å². The van der Waals surface area contributed by atoms with Crippen LogP contribution in [-0.4, -0.2) is 8.42 Å². The van der Waals surface area contributed by atoms with Crippen LogP contribution in [0.1, 0.15) is 18.1 Å². The number of nitrogen functional groups attached to an aromatic ring is 1. The molecule has 0 heterocycles. The summed E-state index contributed by atoms with van der Waals surface area (Å²) < 4.78 is 64.7. The van der Waals surface area contributed by atoms with Crippen LogP contribution < -0.4 is 10.5 Å². The molecule has 2 aromatic carbocycles. The van der Waals surface area contributed by atoms with Gasteiger partial charge in [0.2, 0.25) is 0 Å². The summed E-state index contributed by atoms with van der Waals surface area (Å²) in [5, 5.41) is 0. The maximum atomic E-state index is 12.5. The van der Waals surface area contributed by atoms with Crippen LogP contribution in [0.4, 0.5) is 24.5 Å². The Balaban J connectivity index is 2.34. The lowest BCUT2D eigenvalue weighted by Gasteiger charge is -2.13. The summed E-state index contributed by atoms with van der Waals surface area (Å²) in [4.78, 5) is 0.0138. The van der Waals surface area contributed by atoms with Crippen molar-refractivity contribution in [2.24, 2.45) is 0 Å². The molecule has 0 aliphatic heterocycles. The van der Waals surface area contributed by atoms with Crippen molar-refractivity contribution in [2.45, 2.75) is 24.4 Å². The van der Waals surface area contributed by atoms with Gasteiger partial charge in [0.15, 0.2) is 0 Å². The summed E-state index contributed by atoms with van der Waals surface area (Å²) >= 11 is 0. The quantitative estimate of drug-likeness (QED) is 0.832. The van der Waals surface area contributed by atoms with Gasteiger partial charge in [-0.15, -0.1) is 0 Å². The third kappa shape index (κ3) is 3.95. The summed E-state index contributed by atoms with van der Waals surface area (Å²) in [5.41, 5.74) is 5.67. The standard InChI is InChI=1S/C15H15F3N2O2S/c1-2-10-3-6-12(19)9-14(10)23(21,22)20-13-7-4-11(5-8-13)15(16,17)18/h3-9,20H,2,19H2,1H3. The molecule has 3 N–H and O–H groups in total. The molecule has 0 spiro atoms. The second-order valence-corrected chi connectivity index (χ2v) is 6.55. The molecule has 0 radical (unpaired) electrons. The van der Waals surface area contributed by atoms with Crippen LogP contribution in [0.5, 0.6) is 0 Å². The predicted molar refractivity (Wildman–Crippen MR) is 82.5 cm³/mol. The third-order valence-electron chi connectivity index (χ3n) is 3.23. The number of alkyl halides is 3. The smallest absolute Gasteiger partial charge is 0.399 e. The largest absolute Gasteiger partial charge is 0.416 e. The summed E-state index contributed by atoms with van der Waals surface area (Å²) in [7, 11) is -3.94. The van der Waals surface area contributed by atoms with Gasteiger partial charge >= 0.3 is 6.18 Å². The Labute approximate surface area is 132 Å². The Morgan fingerprint density at radius 3 is 2.22 bits per heavy atom. The molecule has 0 bridgehead atoms. The van der Waals surface area contributed by atoms with Crippen LogP contribution in [0.25, 0.3) is 0 Å². The number of halogens is 3. The molecule has 0 aliphatic carbocycles. The number of nitrogens with two attached hydrogens (primary N) is 1. The fourth-order valence-electron chi connectivity index (χ4n) is 2.05. The number of anilines is 2. The van der Waals surface area contributed by atoms with Gasteiger partial charge in [0.1, 0.15) is 0 Å². The monoisotopic (exact) mass is 344 g/mol. The molecule has 0 unspecified atom stereocenters. The molecule has 0 aliphatic rings. The van der Waals surface area contributed by atoms with E-state index in [0.717, 1.165) is 24.3 Å². The van der Waals surface area contributed by atoms with Gasteiger partial charge in [-0.25, -0.2) is 8.42 Å². The number of hydrogen-bond donors (Lipinski definition) is 2.